The van der Waals surface area contributed by atoms with Crippen molar-refractivity contribution in [1.29, 1.82) is 0 Å². The summed E-state index contributed by atoms with van der Waals surface area (Å²) in [5, 5.41) is 11.0. The van der Waals surface area contributed by atoms with Crippen molar-refractivity contribution in [2.75, 3.05) is 0 Å². The Morgan fingerprint density at radius 1 is 1.46 bits per heavy atom. The van der Waals surface area contributed by atoms with Crippen molar-refractivity contribution in [1.82, 2.24) is 4.98 Å². The summed E-state index contributed by atoms with van der Waals surface area (Å²) in [7, 11) is 0. The first-order valence-electron chi connectivity index (χ1n) is 3.98. The third kappa shape index (κ3) is 1.43. The molecule has 1 radical (unpaired) electrons. The van der Waals surface area contributed by atoms with E-state index in [1.165, 1.54) is 0 Å². The lowest BCUT2D eigenvalue weighted by molar-refractivity contribution is 0.342. The van der Waals surface area contributed by atoms with Gasteiger partial charge >= 0.3 is 0 Å². The molecule has 2 aromatic rings. The summed E-state index contributed by atoms with van der Waals surface area (Å²) in [4.78, 5) is 3.06. The molecular weight excluding hydrogens is 186 g/mol. The lowest BCUT2D eigenvalue weighted by atomic mass is 10.1. The fourth-order valence-corrected chi connectivity index (χ4v) is 1.65. The number of nitrogens with one attached hydrogen (secondary N) is 1. The Morgan fingerprint density at radius 3 is 2.92 bits per heavy atom. The first-order valence-corrected chi connectivity index (χ1v) is 4.36. The van der Waals surface area contributed by atoms with Gasteiger partial charge in [0.05, 0.1) is 5.52 Å². The van der Waals surface area contributed by atoms with Crippen LogP contribution in [0, 0.1) is 6.10 Å². The number of benzene rings is 1. The van der Waals surface area contributed by atoms with E-state index in [0.29, 0.717) is 5.02 Å². The Morgan fingerprint density at radius 2 is 2.23 bits per heavy atom. The number of aromatic nitrogens is 1. The van der Waals surface area contributed by atoms with Crippen LogP contribution < -0.4 is 0 Å². The molecule has 0 bridgehead atoms. The van der Waals surface area contributed by atoms with Crippen LogP contribution in [0.4, 0.5) is 0 Å². The molecule has 1 aromatic heterocycles. The number of fused-ring (bicyclic) bond motifs is 1. The van der Waals surface area contributed by atoms with E-state index in [1.807, 2.05) is 18.3 Å². The molecule has 0 aliphatic heterocycles. The van der Waals surface area contributed by atoms with Gasteiger partial charge in [-0.2, -0.15) is 0 Å². The summed E-state index contributed by atoms with van der Waals surface area (Å²) in [6.45, 7) is 1.64. The standard InChI is InChI=1S/C10H9ClNO/c1-6(13)9-5-8(11)4-7-2-3-12-10(7)9/h2-5,12-13H,1H3. The summed E-state index contributed by atoms with van der Waals surface area (Å²) in [6.07, 6.45) is 2.10. The highest BCUT2D eigenvalue weighted by molar-refractivity contribution is 6.31. The maximum absolute atomic E-state index is 9.40. The van der Waals surface area contributed by atoms with E-state index in [-0.39, 0.29) is 6.10 Å². The van der Waals surface area contributed by atoms with Gasteiger partial charge in [0.2, 0.25) is 0 Å². The highest BCUT2D eigenvalue weighted by Gasteiger charge is 2.09. The van der Waals surface area contributed by atoms with E-state index in [1.54, 1.807) is 13.0 Å². The van der Waals surface area contributed by atoms with Crippen LogP contribution in [0.25, 0.3) is 10.9 Å². The molecule has 67 valence electrons. The van der Waals surface area contributed by atoms with Gasteiger partial charge in [-0.1, -0.05) is 11.6 Å². The van der Waals surface area contributed by atoms with Gasteiger partial charge in [-0.05, 0) is 25.1 Å². The second kappa shape index (κ2) is 3.05. The molecule has 13 heavy (non-hydrogen) atoms. The molecule has 3 heteroatoms. The van der Waals surface area contributed by atoms with Crippen molar-refractivity contribution >= 4 is 22.5 Å². The van der Waals surface area contributed by atoms with Gasteiger partial charge in [-0.25, -0.2) is 0 Å². The second-order valence-corrected chi connectivity index (χ2v) is 3.42. The van der Waals surface area contributed by atoms with Crippen molar-refractivity contribution < 1.29 is 5.11 Å². The molecule has 0 spiro atoms. The van der Waals surface area contributed by atoms with Crippen molar-refractivity contribution in [3.05, 3.63) is 41.1 Å². The van der Waals surface area contributed by atoms with Crippen molar-refractivity contribution in [3.63, 3.8) is 0 Å². The largest absolute Gasteiger partial charge is 0.382 e. The van der Waals surface area contributed by atoms with E-state index in [0.717, 1.165) is 16.5 Å². The molecule has 0 fully saturated rings. The predicted octanol–water partition coefficient (Wildman–Crippen LogP) is 3.09. The first kappa shape index (κ1) is 8.60. The van der Waals surface area contributed by atoms with Crippen LogP contribution >= 0.6 is 11.6 Å². The minimum absolute atomic E-state index is 0.273. The van der Waals surface area contributed by atoms with Crippen LogP contribution in [-0.2, 0) is 0 Å². The topological polar surface area (TPSA) is 36.0 Å². The number of aliphatic hydroxyl groups is 1. The van der Waals surface area contributed by atoms with Crippen LogP contribution in [0.2, 0.25) is 5.02 Å². The third-order valence-electron chi connectivity index (χ3n) is 2.01. The molecule has 2 rings (SSSR count). The van der Waals surface area contributed by atoms with Crippen LogP contribution in [0.5, 0.6) is 0 Å². The molecule has 0 atom stereocenters. The SMILES string of the molecule is C[C](O)c1cc(Cl)cc2cc[nH]c12. The molecule has 0 saturated carbocycles. The van der Waals surface area contributed by atoms with Gasteiger partial charge in [-0.15, -0.1) is 0 Å². The minimum Gasteiger partial charge on any atom is -0.382 e. The van der Waals surface area contributed by atoms with Gasteiger partial charge in [-0.3, -0.25) is 0 Å². The number of H-pyrrole nitrogens is 1. The Balaban J connectivity index is 2.77. The highest BCUT2D eigenvalue weighted by Crippen LogP contribution is 2.26. The summed E-state index contributed by atoms with van der Waals surface area (Å²) >= 11 is 5.89. The second-order valence-electron chi connectivity index (χ2n) is 2.98. The molecule has 2 nitrogen and oxygen atoms in total. The third-order valence-corrected chi connectivity index (χ3v) is 2.23. The zero-order valence-electron chi connectivity index (χ0n) is 7.13. The molecule has 1 heterocycles. The average Bonchev–Trinajstić information content (AvgIpc) is 2.49. The normalized spacial score (nSPS) is 11.4. The number of halogens is 1. The number of aliphatic hydroxyl groups excluding tert-OH is 1. The number of rotatable bonds is 1. The number of hydrogen-bond acceptors (Lipinski definition) is 1. The Hall–Kier alpha value is -0.990. The maximum Gasteiger partial charge on any atom is 0.121 e. The lowest BCUT2D eigenvalue weighted by Gasteiger charge is -2.05. The fraction of sp³-hybridized carbons (Fsp3) is 0.100. The molecule has 0 aliphatic carbocycles. The van der Waals surface area contributed by atoms with Crippen LogP contribution in [0.3, 0.4) is 0 Å². The quantitative estimate of drug-likeness (QED) is 0.719. The van der Waals surface area contributed by atoms with E-state index in [9.17, 15) is 5.11 Å². The van der Waals surface area contributed by atoms with Gasteiger partial charge in [0.1, 0.15) is 6.10 Å². The zero-order valence-corrected chi connectivity index (χ0v) is 7.89. The molecule has 2 N–H and O–H groups in total. The van der Waals surface area contributed by atoms with Crippen LogP contribution in [-0.4, -0.2) is 10.1 Å². The zero-order chi connectivity index (χ0) is 9.42. The summed E-state index contributed by atoms with van der Waals surface area (Å²) in [5.74, 6) is 0. The fourth-order valence-electron chi connectivity index (χ4n) is 1.42. The van der Waals surface area contributed by atoms with Gasteiger partial charge in [0.25, 0.3) is 0 Å². The van der Waals surface area contributed by atoms with E-state index < -0.39 is 0 Å². The molecule has 0 unspecified atom stereocenters. The number of hydrogen-bond donors (Lipinski definition) is 2. The summed E-state index contributed by atoms with van der Waals surface area (Å²) < 4.78 is 0. The molecule has 0 amide bonds. The van der Waals surface area contributed by atoms with Gasteiger partial charge < -0.3 is 10.1 Å². The Bertz CT molecular complexity index is 433. The first-order chi connectivity index (χ1) is 6.18. The van der Waals surface area contributed by atoms with E-state index >= 15 is 0 Å². The molecule has 0 aliphatic rings. The monoisotopic (exact) mass is 194 g/mol. The smallest absolute Gasteiger partial charge is 0.121 e. The average molecular weight is 195 g/mol. The van der Waals surface area contributed by atoms with Crippen molar-refractivity contribution in [2.24, 2.45) is 0 Å². The van der Waals surface area contributed by atoms with Crippen LogP contribution in [0.15, 0.2) is 24.4 Å². The lowest BCUT2D eigenvalue weighted by Crippen LogP contribution is -1.93. The Labute approximate surface area is 81.1 Å². The molecule has 1 aromatic carbocycles. The highest BCUT2D eigenvalue weighted by atomic mass is 35.5. The van der Waals surface area contributed by atoms with Gasteiger partial charge in [0, 0.05) is 22.2 Å². The van der Waals surface area contributed by atoms with E-state index in [4.69, 9.17) is 11.6 Å². The van der Waals surface area contributed by atoms with Crippen molar-refractivity contribution in [2.45, 2.75) is 6.92 Å². The summed E-state index contributed by atoms with van der Waals surface area (Å²) in [5.41, 5.74) is 1.68. The Kier molecular flexibility index (Phi) is 2.02. The molecule has 0 saturated heterocycles. The maximum atomic E-state index is 9.40. The van der Waals surface area contributed by atoms with E-state index in [2.05, 4.69) is 4.98 Å². The minimum atomic E-state index is 0.273. The van der Waals surface area contributed by atoms with Crippen LogP contribution in [0.1, 0.15) is 12.5 Å². The summed E-state index contributed by atoms with van der Waals surface area (Å²) in [6, 6.07) is 5.53. The molecular formula is C10H9ClNO. The predicted molar refractivity (Wildman–Crippen MR) is 53.3 cm³/mol. The van der Waals surface area contributed by atoms with Gasteiger partial charge in [0.15, 0.2) is 0 Å². The van der Waals surface area contributed by atoms with Crippen molar-refractivity contribution in [3.8, 4) is 0 Å². The number of aromatic amines is 1.